The van der Waals surface area contributed by atoms with Crippen LogP contribution in [0.1, 0.15) is 24.7 Å². The molecule has 116 valence electrons. The number of nitrogens with one attached hydrogen (secondary N) is 1. The Bertz CT molecular complexity index is 920. The number of anilines is 1. The highest BCUT2D eigenvalue weighted by Gasteiger charge is 2.08. The van der Waals surface area contributed by atoms with Crippen molar-refractivity contribution in [2.24, 2.45) is 0 Å². The lowest BCUT2D eigenvalue weighted by molar-refractivity contribution is 0.853. The van der Waals surface area contributed by atoms with E-state index < -0.39 is 0 Å². The molecule has 0 aliphatic rings. The number of aryl methyl sites for hydroxylation is 1. The van der Waals surface area contributed by atoms with Gasteiger partial charge < -0.3 is 9.72 Å². The van der Waals surface area contributed by atoms with Gasteiger partial charge in [0.25, 0.3) is 5.78 Å². The van der Waals surface area contributed by atoms with E-state index in [0.717, 1.165) is 35.7 Å². The van der Waals surface area contributed by atoms with E-state index in [1.54, 1.807) is 4.52 Å². The number of rotatable bonds is 5. The number of aromatic nitrogens is 6. The van der Waals surface area contributed by atoms with Gasteiger partial charge in [-0.15, -0.1) is 0 Å². The lowest BCUT2D eigenvalue weighted by atomic mass is 10.2. The molecule has 0 saturated carbocycles. The van der Waals surface area contributed by atoms with E-state index in [9.17, 15) is 0 Å². The number of hydrogen-bond acceptors (Lipinski definition) is 5. The number of fused-ring (bicyclic) bond motifs is 2. The van der Waals surface area contributed by atoms with Crippen LogP contribution in [-0.4, -0.2) is 29.0 Å². The quantitative estimate of drug-likeness (QED) is 0.612. The molecule has 0 unspecified atom stereocenters. The third kappa shape index (κ3) is 2.61. The van der Waals surface area contributed by atoms with Crippen molar-refractivity contribution < 1.29 is 0 Å². The van der Waals surface area contributed by atoms with Crippen molar-refractivity contribution in [3.8, 4) is 0 Å². The minimum atomic E-state index is 0.617. The summed E-state index contributed by atoms with van der Waals surface area (Å²) in [5.74, 6) is 1.50. The second-order valence-corrected chi connectivity index (χ2v) is 5.41. The zero-order valence-electron chi connectivity index (χ0n) is 12.8. The van der Waals surface area contributed by atoms with Gasteiger partial charge in [0, 0.05) is 24.2 Å². The molecule has 0 atom stereocenters. The van der Waals surface area contributed by atoms with E-state index in [4.69, 9.17) is 0 Å². The van der Waals surface area contributed by atoms with Crippen LogP contribution in [0.5, 0.6) is 0 Å². The molecule has 0 bridgehead atoms. The third-order valence-corrected chi connectivity index (χ3v) is 3.68. The molecule has 4 rings (SSSR count). The molecule has 7 heteroatoms. The van der Waals surface area contributed by atoms with Gasteiger partial charge in [0.2, 0.25) is 0 Å². The van der Waals surface area contributed by atoms with E-state index in [2.05, 4.69) is 32.3 Å². The summed E-state index contributed by atoms with van der Waals surface area (Å²) in [7, 11) is 0. The molecule has 4 aromatic rings. The molecule has 0 fully saturated rings. The van der Waals surface area contributed by atoms with Crippen LogP contribution >= 0.6 is 0 Å². The molecule has 0 radical (unpaired) electrons. The Hall–Kier alpha value is -2.96. The monoisotopic (exact) mass is 307 g/mol. The molecule has 0 aliphatic carbocycles. The van der Waals surface area contributed by atoms with Crippen molar-refractivity contribution in [1.29, 1.82) is 0 Å². The first-order chi connectivity index (χ1) is 11.3. The molecule has 7 nitrogen and oxygen atoms in total. The summed E-state index contributed by atoms with van der Waals surface area (Å²) in [6.45, 7) is 2.76. The Morgan fingerprint density at radius 2 is 2.13 bits per heavy atom. The van der Waals surface area contributed by atoms with Crippen molar-refractivity contribution in [3.05, 3.63) is 54.4 Å². The fourth-order valence-corrected chi connectivity index (χ4v) is 2.62. The Labute approximate surface area is 133 Å². The number of nitrogens with zero attached hydrogens (tertiary/aromatic N) is 6. The summed E-state index contributed by atoms with van der Waals surface area (Å²) in [6, 6.07) is 8.00. The number of hydrogen-bond donors (Lipinski definition) is 1. The van der Waals surface area contributed by atoms with Crippen molar-refractivity contribution in [1.82, 2.24) is 29.0 Å². The van der Waals surface area contributed by atoms with Gasteiger partial charge >= 0.3 is 0 Å². The maximum absolute atomic E-state index is 4.59. The van der Waals surface area contributed by atoms with Gasteiger partial charge in [0.15, 0.2) is 0 Å². The lowest BCUT2D eigenvalue weighted by Crippen LogP contribution is -2.08. The van der Waals surface area contributed by atoms with Crippen molar-refractivity contribution in [2.75, 3.05) is 5.32 Å². The minimum Gasteiger partial charge on any atom is -0.364 e. The van der Waals surface area contributed by atoms with Crippen LogP contribution in [0.25, 0.3) is 11.4 Å². The van der Waals surface area contributed by atoms with Crippen molar-refractivity contribution >= 4 is 17.2 Å². The Morgan fingerprint density at radius 3 is 3.00 bits per heavy atom. The summed E-state index contributed by atoms with van der Waals surface area (Å²) >= 11 is 0. The van der Waals surface area contributed by atoms with E-state index >= 15 is 0 Å². The second-order valence-electron chi connectivity index (χ2n) is 5.41. The standard InChI is InChI=1S/C16H17N7/c1-2-5-12-8-15(23-16(21-12)18-11-19-23)17-9-13-10-22-7-4-3-6-14(22)20-13/h3-4,6-8,10-11,17H,2,5,9H2,1H3. The van der Waals surface area contributed by atoms with Crippen LogP contribution < -0.4 is 5.32 Å². The second kappa shape index (κ2) is 5.68. The molecule has 1 N–H and O–H groups in total. The summed E-state index contributed by atoms with van der Waals surface area (Å²) in [5.41, 5.74) is 2.93. The molecule has 0 spiro atoms. The summed E-state index contributed by atoms with van der Waals surface area (Å²) < 4.78 is 3.73. The van der Waals surface area contributed by atoms with Gasteiger partial charge in [0.05, 0.1) is 12.2 Å². The fourth-order valence-electron chi connectivity index (χ4n) is 2.62. The van der Waals surface area contributed by atoms with Crippen molar-refractivity contribution in [2.45, 2.75) is 26.3 Å². The van der Waals surface area contributed by atoms with Crippen LogP contribution in [0.3, 0.4) is 0 Å². The smallest absolute Gasteiger partial charge is 0.254 e. The first-order valence-electron chi connectivity index (χ1n) is 7.69. The maximum atomic E-state index is 4.59. The summed E-state index contributed by atoms with van der Waals surface area (Å²) in [5, 5.41) is 7.62. The minimum absolute atomic E-state index is 0.617. The van der Waals surface area contributed by atoms with E-state index in [0.29, 0.717) is 12.3 Å². The zero-order valence-corrected chi connectivity index (χ0v) is 12.8. The first-order valence-corrected chi connectivity index (χ1v) is 7.69. The Kier molecular flexibility index (Phi) is 3.38. The lowest BCUT2D eigenvalue weighted by Gasteiger charge is -2.08. The molecule has 4 aromatic heterocycles. The third-order valence-electron chi connectivity index (χ3n) is 3.68. The van der Waals surface area contributed by atoms with Crippen LogP contribution in [0.4, 0.5) is 5.82 Å². The Balaban J connectivity index is 1.62. The van der Waals surface area contributed by atoms with Gasteiger partial charge in [-0.1, -0.05) is 19.4 Å². The summed E-state index contributed by atoms with van der Waals surface area (Å²) in [4.78, 5) is 13.3. The van der Waals surface area contributed by atoms with Gasteiger partial charge in [-0.2, -0.15) is 14.6 Å². The van der Waals surface area contributed by atoms with Crippen LogP contribution in [0.15, 0.2) is 43.0 Å². The Morgan fingerprint density at radius 1 is 1.17 bits per heavy atom. The predicted octanol–water partition coefficient (Wildman–Crippen LogP) is 2.34. The van der Waals surface area contributed by atoms with Crippen molar-refractivity contribution in [3.63, 3.8) is 0 Å². The molecule has 0 aromatic carbocycles. The number of imidazole rings is 1. The predicted molar refractivity (Wildman–Crippen MR) is 87.3 cm³/mol. The van der Waals surface area contributed by atoms with Crippen LogP contribution in [0.2, 0.25) is 0 Å². The molecular formula is C16H17N7. The number of pyridine rings is 1. The van der Waals surface area contributed by atoms with Gasteiger partial charge in [0.1, 0.15) is 17.8 Å². The normalized spacial score (nSPS) is 11.3. The fraction of sp³-hybridized carbons (Fsp3) is 0.250. The van der Waals surface area contributed by atoms with Crippen LogP contribution in [0, 0.1) is 0 Å². The van der Waals surface area contributed by atoms with Crippen LogP contribution in [-0.2, 0) is 13.0 Å². The summed E-state index contributed by atoms with van der Waals surface area (Å²) in [6.07, 6.45) is 7.51. The molecular weight excluding hydrogens is 290 g/mol. The van der Waals surface area contributed by atoms with E-state index in [1.165, 1.54) is 6.33 Å². The maximum Gasteiger partial charge on any atom is 0.254 e. The zero-order chi connectivity index (χ0) is 15.6. The van der Waals surface area contributed by atoms with Gasteiger partial charge in [-0.25, -0.2) is 9.97 Å². The van der Waals surface area contributed by atoms with E-state index in [-0.39, 0.29) is 0 Å². The average molecular weight is 307 g/mol. The SMILES string of the molecule is CCCc1cc(NCc2cn3ccccc3n2)n2ncnc2n1. The van der Waals surface area contributed by atoms with E-state index in [1.807, 2.05) is 41.1 Å². The largest absolute Gasteiger partial charge is 0.364 e. The first kappa shape index (κ1) is 13.7. The highest BCUT2D eigenvalue weighted by molar-refractivity contribution is 5.46. The molecule has 23 heavy (non-hydrogen) atoms. The molecule has 0 saturated heterocycles. The van der Waals surface area contributed by atoms with Gasteiger partial charge in [-0.05, 0) is 18.6 Å². The molecule has 0 amide bonds. The molecule has 0 aliphatic heterocycles. The average Bonchev–Trinajstić information content (AvgIpc) is 3.19. The highest BCUT2D eigenvalue weighted by Crippen LogP contribution is 2.14. The van der Waals surface area contributed by atoms with Gasteiger partial charge in [-0.3, -0.25) is 0 Å². The molecule has 4 heterocycles. The topological polar surface area (TPSA) is 72.4 Å². The highest BCUT2D eigenvalue weighted by atomic mass is 15.4.